The number of thiocarbonyl (C=S) groups is 1. The van der Waals surface area contributed by atoms with Gasteiger partial charge in [-0.15, -0.1) is 0 Å². The van der Waals surface area contributed by atoms with E-state index >= 15 is 0 Å². The molecular weight excluding hydrogens is 547 g/mol. The standard InChI is InChI=1S/C38H35N3OS/c42-37(31-24-29-14-10-11-15-30(29)25-31)39-26-36(43)23-13-12-22-35-27-41(28-40-35)38(32-16-4-1-5-17-32,33-18-6-2-7-19-33)34-20-8-3-9-21-34/h1-11,14-21,24,27-28H,12-13,22-23,25-26H2,(H,39,42). The highest BCUT2D eigenvalue weighted by atomic mass is 32.1. The largest absolute Gasteiger partial charge is 0.348 e. The molecule has 0 atom stereocenters. The predicted molar refractivity (Wildman–Crippen MR) is 178 cm³/mol. The van der Waals surface area contributed by atoms with Crippen LogP contribution in [-0.4, -0.2) is 26.9 Å². The number of rotatable bonds is 12. The van der Waals surface area contributed by atoms with E-state index in [2.05, 4.69) is 113 Å². The fourth-order valence-corrected chi connectivity index (χ4v) is 6.31. The van der Waals surface area contributed by atoms with Gasteiger partial charge < -0.3 is 9.88 Å². The molecule has 1 aliphatic rings. The van der Waals surface area contributed by atoms with E-state index in [1.54, 1.807) is 0 Å². The molecule has 0 saturated heterocycles. The van der Waals surface area contributed by atoms with E-state index in [0.717, 1.165) is 47.4 Å². The summed E-state index contributed by atoms with van der Waals surface area (Å²) in [6, 6.07) is 40.1. The molecule has 0 spiro atoms. The summed E-state index contributed by atoms with van der Waals surface area (Å²) in [4.78, 5) is 18.4. The van der Waals surface area contributed by atoms with Crippen LogP contribution in [0.3, 0.4) is 0 Å². The number of nitrogens with one attached hydrogen (secondary N) is 1. The lowest BCUT2D eigenvalue weighted by molar-refractivity contribution is -0.117. The number of aromatic nitrogens is 2. The van der Waals surface area contributed by atoms with E-state index in [4.69, 9.17) is 17.2 Å². The number of imidazole rings is 1. The number of carbonyl (C=O) groups excluding carboxylic acids is 1. The van der Waals surface area contributed by atoms with E-state index in [0.29, 0.717) is 13.0 Å². The first-order valence-corrected chi connectivity index (χ1v) is 15.3. The van der Waals surface area contributed by atoms with Crippen LogP contribution in [0.4, 0.5) is 0 Å². The number of unbranched alkanes of at least 4 members (excludes halogenated alkanes) is 1. The lowest BCUT2D eigenvalue weighted by atomic mass is 9.77. The molecule has 214 valence electrons. The lowest BCUT2D eigenvalue weighted by Crippen LogP contribution is -2.36. The number of aryl methyl sites for hydroxylation is 1. The number of fused-ring (bicyclic) bond motifs is 1. The summed E-state index contributed by atoms with van der Waals surface area (Å²) in [5, 5.41) is 3.02. The fraction of sp³-hybridized carbons (Fsp3) is 0.184. The minimum atomic E-state index is -0.551. The average Bonchev–Trinajstić information content (AvgIpc) is 3.72. The van der Waals surface area contributed by atoms with Crippen LogP contribution in [0.15, 0.2) is 133 Å². The Balaban J connectivity index is 1.10. The molecule has 0 aliphatic heterocycles. The summed E-state index contributed by atoms with van der Waals surface area (Å²) in [6.07, 6.45) is 10.4. The second-order valence-corrected chi connectivity index (χ2v) is 11.6. The Morgan fingerprint density at radius 3 is 1.98 bits per heavy atom. The van der Waals surface area contributed by atoms with Crippen molar-refractivity contribution < 1.29 is 4.79 Å². The molecule has 1 N–H and O–H groups in total. The molecule has 5 aromatic rings. The lowest BCUT2D eigenvalue weighted by Gasteiger charge is -2.37. The van der Waals surface area contributed by atoms with Gasteiger partial charge in [0.15, 0.2) is 0 Å². The average molecular weight is 582 g/mol. The predicted octanol–water partition coefficient (Wildman–Crippen LogP) is 7.56. The molecule has 0 saturated carbocycles. The van der Waals surface area contributed by atoms with Gasteiger partial charge in [0.25, 0.3) is 0 Å². The Labute approximate surface area is 259 Å². The zero-order valence-corrected chi connectivity index (χ0v) is 25.0. The van der Waals surface area contributed by atoms with Crippen LogP contribution in [0.5, 0.6) is 0 Å². The molecule has 1 amide bonds. The Morgan fingerprint density at radius 2 is 1.37 bits per heavy atom. The molecule has 1 aliphatic carbocycles. The molecule has 6 rings (SSSR count). The normalized spacial score (nSPS) is 12.4. The molecule has 4 nitrogen and oxygen atoms in total. The minimum absolute atomic E-state index is 0.0252. The number of hydrogen-bond donors (Lipinski definition) is 1. The van der Waals surface area contributed by atoms with Crippen LogP contribution in [0.1, 0.15) is 52.8 Å². The van der Waals surface area contributed by atoms with Crippen LogP contribution in [0, 0.1) is 0 Å². The summed E-state index contributed by atoms with van der Waals surface area (Å²) >= 11 is 5.61. The summed E-state index contributed by atoms with van der Waals surface area (Å²) < 4.78 is 2.26. The van der Waals surface area contributed by atoms with Gasteiger partial charge in [0.2, 0.25) is 5.91 Å². The van der Waals surface area contributed by atoms with Crippen LogP contribution in [0.2, 0.25) is 0 Å². The van der Waals surface area contributed by atoms with Gasteiger partial charge in [-0.3, -0.25) is 4.79 Å². The third kappa shape index (κ3) is 6.13. The van der Waals surface area contributed by atoms with Crippen molar-refractivity contribution in [2.45, 2.75) is 37.6 Å². The van der Waals surface area contributed by atoms with Crippen molar-refractivity contribution in [3.63, 3.8) is 0 Å². The van der Waals surface area contributed by atoms with E-state index in [1.165, 1.54) is 22.3 Å². The van der Waals surface area contributed by atoms with Gasteiger partial charge in [-0.2, -0.15) is 0 Å². The Bertz CT molecular complexity index is 1630. The van der Waals surface area contributed by atoms with Gasteiger partial charge in [0.05, 0.1) is 12.0 Å². The Kier molecular flexibility index (Phi) is 8.71. The molecule has 1 heterocycles. The number of nitrogens with zero attached hydrogens (tertiary/aromatic N) is 2. The van der Waals surface area contributed by atoms with Crippen LogP contribution < -0.4 is 5.32 Å². The molecular formula is C38H35N3OS. The first-order valence-electron chi connectivity index (χ1n) is 14.9. The molecule has 1 aromatic heterocycles. The van der Waals surface area contributed by atoms with Gasteiger partial charge in [0.1, 0.15) is 5.54 Å². The Hall–Kier alpha value is -4.61. The summed E-state index contributed by atoms with van der Waals surface area (Å²) in [5.41, 5.74) is 7.18. The third-order valence-corrected chi connectivity index (χ3v) is 8.59. The maximum Gasteiger partial charge on any atom is 0.247 e. The van der Waals surface area contributed by atoms with Gasteiger partial charge in [-0.05, 0) is 59.6 Å². The third-order valence-electron chi connectivity index (χ3n) is 8.24. The number of hydrogen-bond acceptors (Lipinski definition) is 3. The van der Waals surface area contributed by atoms with Crippen molar-refractivity contribution in [3.8, 4) is 0 Å². The maximum atomic E-state index is 12.7. The smallest absolute Gasteiger partial charge is 0.247 e. The topological polar surface area (TPSA) is 46.9 Å². The van der Waals surface area contributed by atoms with Crippen LogP contribution in [-0.2, 0) is 23.2 Å². The van der Waals surface area contributed by atoms with Crippen LogP contribution in [0.25, 0.3) is 6.08 Å². The molecule has 4 aromatic carbocycles. The highest BCUT2D eigenvalue weighted by Crippen LogP contribution is 2.40. The van der Waals surface area contributed by atoms with Gasteiger partial charge >= 0.3 is 0 Å². The van der Waals surface area contributed by atoms with Crippen LogP contribution >= 0.6 is 12.2 Å². The van der Waals surface area contributed by atoms with Crippen molar-refractivity contribution in [2.75, 3.05) is 6.54 Å². The fourth-order valence-electron chi connectivity index (χ4n) is 6.10. The van der Waals surface area contributed by atoms with E-state index in [-0.39, 0.29) is 5.91 Å². The van der Waals surface area contributed by atoms with Gasteiger partial charge in [-0.25, -0.2) is 4.98 Å². The Morgan fingerprint density at radius 1 is 0.791 bits per heavy atom. The van der Waals surface area contributed by atoms with Crippen molar-refractivity contribution in [3.05, 3.63) is 167 Å². The van der Waals surface area contributed by atoms with Crippen molar-refractivity contribution in [1.82, 2.24) is 14.9 Å². The SMILES string of the molecule is O=C(NCC(=S)CCCCc1cn(C(c2ccccc2)(c2ccccc2)c2ccccc2)cn1)C1=Cc2ccccc2C1. The maximum absolute atomic E-state index is 12.7. The molecule has 0 unspecified atom stereocenters. The molecule has 5 heteroatoms. The quantitative estimate of drug-likeness (QED) is 0.0940. The van der Waals surface area contributed by atoms with Crippen molar-refractivity contribution in [1.29, 1.82) is 0 Å². The van der Waals surface area contributed by atoms with Crippen molar-refractivity contribution >= 4 is 29.1 Å². The number of carbonyl (C=O) groups is 1. The van der Waals surface area contributed by atoms with E-state index in [9.17, 15) is 4.79 Å². The summed E-state index contributed by atoms with van der Waals surface area (Å²) in [6.45, 7) is 0.435. The zero-order chi connectivity index (χ0) is 29.5. The molecule has 0 radical (unpaired) electrons. The molecule has 0 fully saturated rings. The first-order chi connectivity index (χ1) is 21.1. The van der Waals surface area contributed by atoms with E-state index < -0.39 is 5.54 Å². The molecule has 0 bridgehead atoms. The van der Waals surface area contributed by atoms with E-state index in [1.807, 2.05) is 30.6 Å². The monoisotopic (exact) mass is 581 g/mol. The first kappa shape index (κ1) is 28.5. The van der Waals surface area contributed by atoms with Gasteiger partial charge in [-0.1, -0.05) is 127 Å². The highest BCUT2D eigenvalue weighted by molar-refractivity contribution is 7.80. The summed E-state index contributed by atoms with van der Waals surface area (Å²) in [7, 11) is 0. The second-order valence-electron chi connectivity index (χ2n) is 11.1. The second kappa shape index (κ2) is 13.1. The minimum Gasteiger partial charge on any atom is -0.348 e. The van der Waals surface area contributed by atoms with Crippen molar-refractivity contribution in [2.24, 2.45) is 0 Å². The zero-order valence-electron chi connectivity index (χ0n) is 24.2. The van der Waals surface area contributed by atoms with Gasteiger partial charge in [0, 0.05) is 29.6 Å². The number of amides is 1. The summed E-state index contributed by atoms with van der Waals surface area (Å²) in [5.74, 6) is -0.0252. The number of benzene rings is 4. The highest BCUT2D eigenvalue weighted by Gasteiger charge is 2.38. The molecule has 43 heavy (non-hydrogen) atoms.